The summed E-state index contributed by atoms with van der Waals surface area (Å²) in [5.41, 5.74) is 18.4. The van der Waals surface area contributed by atoms with Crippen molar-refractivity contribution in [1.82, 2.24) is 0 Å². The van der Waals surface area contributed by atoms with Gasteiger partial charge >= 0.3 is 0 Å². The molecule has 360 valence electrons. The molecule has 4 nitrogen and oxygen atoms in total. The molecule has 11 aromatic carbocycles. The maximum absolute atomic E-state index is 2.43. The first kappa shape index (κ1) is 45.5. The lowest BCUT2D eigenvalue weighted by Crippen LogP contribution is -2.18. The molecule has 2 aliphatic carbocycles. The van der Waals surface area contributed by atoms with Crippen molar-refractivity contribution in [3.05, 3.63) is 296 Å². The fraction of sp³-hybridized carbons (Fsp3) is 0.0704. The topological polar surface area (TPSA) is 13.0 Å². The maximum Gasteiger partial charge on any atom is 0.0540 e. The number of para-hydroxylation sites is 3. The van der Waals surface area contributed by atoms with Crippen molar-refractivity contribution in [1.29, 1.82) is 0 Å². The van der Waals surface area contributed by atoms with E-state index < -0.39 is 0 Å². The van der Waals surface area contributed by atoms with Gasteiger partial charge in [-0.1, -0.05) is 166 Å². The Kier molecular flexibility index (Phi) is 11.7. The Morgan fingerprint density at radius 1 is 0.307 bits per heavy atom. The predicted octanol–water partition coefficient (Wildman–Crippen LogP) is 20.1. The third-order valence-electron chi connectivity index (χ3n) is 15.2. The molecule has 75 heavy (non-hydrogen) atoms. The summed E-state index contributed by atoms with van der Waals surface area (Å²) in [7, 11) is 0. The van der Waals surface area contributed by atoms with Crippen molar-refractivity contribution in [2.45, 2.75) is 32.1 Å². The molecule has 0 unspecified atom stereocenters. The molecule has 11 aromatic rings. The Labute approximate surface area is 440 Å². The van der Waals surface area contributed by atoms with Crippen LogP contribution in [0.3, 0.4) is 0 Å². The van der Waals surface area contributed by atoms with Gasteiger partial charge in [0.15, 0.2) is 0 Å². The minimum atomic E-state index is -0.288. The Morgan fingerprint density at radius 3 is 1.12 bits per heavy atom. The summed E-state index contributed by atoms with van der Waals surface area (Å²) < 4.78 is 0. The molecule has 0 amide bonds. The van der Waals surface area contributed by atoms with Gasteiger partial charge in [0.2, 0.25) is 0 Å². The quantitative estimate of drug-likeness (QED) is 0.121. The van der Waals surface area contributed by atoms with Crippen LogP contribution < -0.4 is 19.6 Å². The first-order valence-electron chi connectivity index (χ1n) is 26.2. The molecule has 0 N–H and O–H groups in total. The number of fused-ring (bicyclic) bond motifs is 5. The monoisotopic (exact) mass is 964 g/mol. The van der Waals surface area contributed by atoms with E-state index in [1.54, 1.807) is 0 Å². The van der Waals surface area contributed by atoms with Crippen LogP contribution in [0.25, 0.3) is 32.7 Å². The van der Waals surface area contributed by atoms with Gasteiger partial charge in [-0.05, 0) is 173 Å². The molecular weight excluding hydrogens is 909 g/mol. The minimum Gasteiger partial charge on any atom is -0.310 e. The fourth-order valence-corrected chi connectivity index (χ4v) is 11.5. The van der Waals surface area contributed by atoms with Gasteiger partial charge in [-0.2, -0.15) is 0 Å². The summed E-state index contributed by atoms with van der Waals surface area (Å²) in [5.74, 6) is 0. The van der Waals surface area contributed by atoms with Crippen LogP contribution in [0.1, 0.15) is 37.8 Å². The summed E-state index contributed by atoms with van der Waals surface area (Å²) in [6.45, 7) is 4.77. The molecule has 2 aliphatic rings. The average molecular weight is 965 g/mol. The van der Waals surface area contributed by atoms with Crippen LogP contribution in [0.5, 0.6) is 0 Å². The number of hydrogen-bond donors (Lipinski definition) is 0. The number of benzene rings is 11. The molecule has 0 aliphatic heterocycles. The van der Waals surface area contributed by atoms with Gasteiger partial charge in [0, 0.05) is 73.1 Å². The van der Waals surface area contributed by atoms with Crippen LogP contribution in [0, 0.1) is 0 Å². The Balaban J connectivity index is 0.856. The third-order valence-corrected chi connectivity index (χ3v) is 15.2. The maximum atomic E-state index is 2.43. The molecule has 0 radical (unpaired) electrons. The highest BCUT2D eigenvalue weighted by Gasteiger charge is 2.37. The number of nitrogens with zero attached hydrogens (tertiary/aromatic N) is 4. The predicted molar refractivity (Wildman–Crippen MR) is 318 cm³/mol. The zero-order valence-electron chi connectivity index (χ0n) is 42.3. The largest absolute Gasteiger partial charge is 0.310 e. The van der Waals surface area contributed by atoms with E-state index in [0.29, 0.717) is 0 Å². The number of hydrogen-bond acceptors (Lipinski definition) is 4. The Bertz CT molecular complexity index is 3910. The smallest absolute Gasteiger partial charge is 0.0540 e. The fourth-order valence-electron chi connectivity index (χ4n) is 11.5. The Hall–Kier alpha value is -9.38. The highest BCUT2D eigenvalue weighted by atomic mass is 15.2. The third kappa shape index (κ3) is 8.31. The molecule has 0 saturated heterocycles. The molecule has 0 heterocycles. The lowest BCUT2D eigenvalue weighted by Gasteiger charge is -2.31. The summed E-state index contributed by atoms with van der Waals surface area (Å²) in [4.78, 5) is 9.57. The summed E-state index contributed by atoms with van der Waals surface area (Å²) in [6, 6.07) is 95.0. The van der Waals surface area contributed by atoms with Crippen LogP contribution in [0.15, 0.2) is 285 Å². The van der Waals surface area contributed by atoms with E-state index in [-0.39, 0.29) is 5.41 Å². The molecule has 0 saturated carbocycles. The van der Waals surface area contributed by atoms with Crippen LogP contribution in [0.4, 0.5) is 62.6 Å². The second-order valence-corrected chi connectivity index (χ2v) is 20.1. The summed E-state index contributed by atoms with van der Waals surface area (Å²) in [5, 5.41) is 4.88. The number of allylic oxidation sites excluding steroid dienone is 3. The summed E-state index contributed by atoms with van der Waals surface area (Å²) in [6.07, 6.45) is 9.01. The van der Waals surface area contributed by atoms with Crippen LogP contribution >= 0.6 is 0 Å². The normalized spacial score (nSPS) is 13.2. The molecular formula is C71H56N4. The number of rotatable bonds is 12. The zero-order chi connectivity index (χ0) is 50.3. The standard InChI is InChI=1S/C71H56N4/c1-71(2)67-49-61(72(53-25-7-3-8-26-53)57-37-41-59(42-38-57)74(55-29-11-5-12-30-55)69-35-19-23-51-21-15-17-33-63(51)69)45-47-65(67)66-48-46-62(50-68(66)71)73(54-27-9-4-10-28-54)58-39-43-60(44-40-58)75(56-31-13-6-14-32-56)70-36-20-24-52-22-16-18-34-64(52)70/h3-5,7-13,15-50H,6,14H2,1-2H3. The molecule has 0 atom stereocenters. The van der Waals surface area contributed by atoms with Crippen molar-refractivity contribution in [3.8, 4) is 11.1 Å². The Morgan fingerprint density at radius 2 is 0.667 bits per heavy atom. The first-order valence-corrected chi connectivity index (χ1v) is 26.2. The highest BCUT2D eigenvalue weighted by molar-refractivity contribution is 6.00. The molecule has 0 fully saturated rings. The SMILES string of the molecule is CC1(C)c2cc(N(c3ccccc3)c3ccc(N(C4=CCCC=C4)c4cccc5ccccc45)cc3)ccc2-c2ccc(N(c3ccccc3)c3ccc(N(c4ccccc4)c4cccc5ccccc45)cc3)cc21. The van der Waals surface area contributed by atoms with Crippen molar-refractivity contribution >= 4 is 84.1 Å². The molecule has 13 rings (SSSR count). The van der Waals surface area contributed by atoms with E-state index in [4.69, 9.17) is 0 Å². The van der Waals surface area contributed by atoms with Gasteiger partial charge in [0.05, 0.1) is 11.4 Å². The van der Waals surface area contributed by atoms with E-state index in [0.717, 1.165) is 69.7 Å². The molecule has 0 spiro atoms. The molecule has 0 aromatic heterocycles. The van der Waals surface area contributed by atoms with Crippen molar-refractivity contribution in [3.63, 3.8) is 0 Å². The van der Waals surface area contributed by atoms with Gasteiger partial charge in [0.25, 0.3) is 0 Å². The minimum absolute atomic E-state index is 0.288. The molecule has 4 heteroatoms. The van der Waals surface area contributed by atoms with Gasteiger partial charge in [-0.3, -0.25) is 0 Å². The van der Waals surface area contributed by atoms with E-state index in [1.807, 2.05) is 0 Å². The van der Waals surface area contributed by atoms with E-state index in [2.05, 4.69) is 313 Å². The average Bonchev–Trinajstić information content (AvgIpc) is 3.77. The lowest BCUT2D eigenvalue weighted by atomic mass is 9.82. The second kappa shape index (κ2) is 19.2. The molecule has 0 bridgehead atoms. The van der Waals surface area contributed by atoms with Gasteiger partial charge in [0.1, 0.15) is 0 Å². The highest BCUT2D eigenvalue weighted by Crippen LogP contribution is 2.53. The van der Waals surface area contributed by atoms with Gasteiger partial charge < -0.3 is 19.6 Å². The van der Waals surface area contributed by atoms with Crippen LogP contribution in [0.2, 0.25) is 0 Å². The van der Waals surface area contributed by atoms with Crippen molar-refractivity contribution < 1.29 is 0 Å². The first-order chi connectivity index (χ1) is 37.0. The zero-order valence-corrected chi connectivity index (χ0v) is 42.3. The van der Waals surface area contributed by atoms with Crippen LogP contribution in [-0.4, -0.2) is 0 Å². The van der Waals surface area contributed by atoms with Crippen molar-refractivity contribution in [2.75, 3.05) is 19.6 Å². The van der Waals surface area contributed by atoms with E-state index in [1.165, 1.54) is 55.2 Å². The van der Waals surface area contributed by atoms with Gasteiger partial charge in [-0.15, -0.1) is 0 Å². The number of anilines is 11. The van der Waals surface area contributed by atoms with Gasteiger partial charge in [-0.25, -0.2) is 0 Å². The van der Waals surface area contributed by atoms with Crippen molar-refractivity contribution in [2.24, 2.45) is 0 Å². The summed E-state index contributed by atoms with van der Waals surface area (Å²) >= 11 is 0. The van der Waals surface area contributed by atoms with Crippen LogP contribution in [-0.2, 0) is 5.41 Å². The second-order valence-electron chi connectivity index (χ2n) is 20.1. The lowest BCUT2D eigenvalue weighted by molar-refractivity contribution is 0.660. The van der Waals surface area contributed by atoms with E-state index in [9.17, 15) is 0 Å². The van der Waals surface area contributed by atoms with E-state index >= 15 is 0 Å².